The van der Waals surface area contributed by atoms with E-state index in [2.05, 4.69) is 42.0 Å². The van der Waals surface area contributed by atoms with Crippen LogP contribution in [0.5, 0.6) is 0 Å². The third-order valence-electron chi connectivity index (χ3n) is 5.33. The molecule has 0 amide bonds. The normalized spacial score (nSPS) is 20.9. The van der Waals surface area contributed by atoms with Crippen LogP contribution in [0.1, 0.15) is 35.7 Å². The number of hydrogen-bond donors (Lipinski definition) is 1. The third-order valence-corrected chi connectivity index (χ3v) is 7.21. The zero-order chi connectivity index (χ0) is 19.1. The molecule has 1 aliphatic carbocycles. The van der Waals surface area contributed by atoms with Gasteiger partial charge in [0.15, 0.2) is 17.1 Å². The highest BCUT2D eigenvalue weighted by atomic mass is 32.2. The number of aryl methyl sites for hydroxylation is 2. The first-order chi connectivity index (χ1) is 13.0. The zero-order valence-electron chi connectivity index (χ0n) is 15.7. The van der Waals surface area contributed by atoms with Crippen LogP contribution in [-0.2, 0) is 6.42 Å². The Kier molecular flexibility index (Phi) is 5.17. The number of halogens is 1. The van der Waals surface area contributed by atoms with E-state index in [9.17, 15) is 4.39 Å². The summed E-state index contributed by atoms with van der Waals surface area (Å²) in [6.45, 7) is 2.99. The predicted molar refractivity (Wildman–Crippen MR) is 114 cm³/mol. The molecule has 2 heterocycles. The molecule has 0 saturated carbocycles. The lowest BCUT2D eigenvalue weighted by molar-refractivity contribution is 0.343. The molecule has 2 aliphatic rings. The van der Waals surface area contributed by atoms with E-state index < -0.39 is 6.17 Å². The van der Waals surface area contributed by atoms with E-state index in [1.165, 1.54) is 11.9 Å². The predicted octanol–water partition coefficient (Wildman–Crippen LogP) is 3.92. The van der Waals surface area contributed by atoms with Crippen molar-refractivity contribution in [3.63, 3.8) is 0 Å². The molecule has 0 radical (unpaired) electrons. The number of fused-ring (bicyclic) bond motifs is 2. The fourth-order valence-electron chi connectivity index (χ4n) is 3.93. The summed E-state index contributed by atoms with van der Waals surface area (Å²) in [6, 6.07) is 4.20. The van der Waals surface area contributed by atoms with Crippen LogP contribution in [0.4, 0.5) is 21.7 Å². The molecule has 2 N–H and O–H groups in total. The van der Waals surface area contributed by atoms with Crippen LogP contribution >= 0.6 is 21.0 Å². The summed E-state index contributed by atoms with van der Waals surface area (Å²) in [5.74, 6) is 1.37. The molecular formula is C19H25FN5PS. The lowest BCUT2D eigenvalue weighted by atomic mass is 10.1. The first kappa shape index (κ1) is 18.8. The van der Waals surface area contributed by atoms with Crippen LogP contribution in [0, 0.1) is 6.92 Å². The lowest BCUT2D eigenvalue weighted by Crippen LogP contribution is -2.39. The second-order valence-corrected chi connectivity index (χ2v) is 8.82. The van der Waals surface area contributed by atoms with Gasteiger partial charge in [-0.2, -0.15) is 0 Å². The molecule has 144 valence electrons. The van der Waals surface area contributed by atoms with Crippen molar-refractivity contribution in [1.82, 2.24) is 9.97 Å². The SMILES string of the molecule is Cc1cc2c(cc1SC1N(C)c3c(N)ncnc3N1CCCP)C(F)CC2. The number of nitrogens with zero attached hydrogens (tertiary/aromatic N) is 4. The van der Waals surface area contributed by atoms with Gasteiger partial charge in [-0.15, -0.1) is 9.24 Å². The smallest absolute Gasteiger partial charge is 0.160 e. The zero-order valence-corrected chi connectivity index (χ0v) is 17.6. The molecule has 8 heteroatoms. The quantitative estimate of drug-likeness (QED) is 0.761. The van der Waals surface area contributed by atoms with Crippen LogP contribution in [0.15, 0.2) is 23.4 Å². The van der Waals surface area contributed by atoms with E-state index in [-0.39, 0.29) is 5.50 Å². The molecule has 2 aromatic rings. The number of nitrogen functional groups attached to an aromatic ring is 1. The lowest BCUT2D eigenvalue weighted by Gasteiger charge is -2.30. The summed E-state index contributed by atoms with van der Waals surface area (Å²) >= 11 is 1.73. The van der Waals surface area contributed by atoms with Crippen molar-refractivity contribution in [2.75, 3.05) is 35.3 Å². The highest BCUT2D eigenvalue weighted by molar-refractivity contribution is 8.00. The van der Waals surface area contributed by atoms with Gasteiger partial charge in [0.05, 0.1) is 0 Å². The Morgan fingerprint density at radius 3 is 2.96 bits per heavy atom. The number of aromatic nitrogens is 2. The van der Waals surface area contributed by atoms with E-state index in [1.54, 1.807) is 11.8 Å². The van der Waals surface area contributed by atoms with Crippen molar-refractivity contribution in [3.8, 4) is 0 Å². The van der Waals surface area contributed by atoms with Gasteiger partial charge in [0.2, 0.25) is 0 Å². The molecule has 1 aromatic carbocycles. The summed E-state index contributed by atoms with van der Waals surface area (Å²) in [4.78, 5) is 14.2. The van der Waals surface area contributed by atoms with Gasteiger partial charge in [-0.25, -0.2) is 14.4 Å². The van der Waals surface area contributed by atoms with E-state index in [0.29, 0.717) is 12.2 Å². The Hall–Kier alpha value is -1.59. The molecule has 3 atom stereocenters. The summed E-state index contributed by atoms with van der Waals surface area (Å²) in [5.41, 5.74) is 10.3. The number of anilines is 3. The van der Waals surface area contributed by atoms with Gasteiger partial charge >= 0.3 is 0 Å². The van der Waals surface area contributed by atoms with Gasteiger partial charge in [0.1, 0.15) is 18.2 Å². The molecular weight excluding hydrogens is 380 g/mol. The Labute approximate surface area is 166 Å². The minimum atomic E-state index is -0.840. The molecule has 27 heavy (non-hydrogen) atoms. The van der Waals surface area contributed by atoms with Gasteiger partial charge < -0.3 is 15.5 Å². The molecule has 1 aliphatic heterocycles. The van der Waals surface area contributed by atoms with Crippen LogP contribution in [0.25, 0.3) is 0 Å². The average molecular weight is 405 g/mol. The maximum atomic E-state index is 14.3. The number of rotatable bonds is 5. The van der Waals surface area contributed by atoms with Crippen molar-refractivity contribution in [1.29, 1.82) is 0 Å². The van der Waals surface area contributed by atoms with E-state index >= 15 is 0 Å². The van der Waals surface area contributed by atoms with Crippen molar-refractivity contribution in [2.24, 2.45) is 0 Å². The fraction of sp³-hybridized carbons (Fsp3) is 0.474. The maximum absolute atomic E-state index is 14.3. The topological polar surface area (TPSA) is 58.3 Å². The van der Waals surface area contributed by atoms with E-state index in [0.717, 1.165) is 53.1 Å². The molecule has 0 saturated heterocycles. The van der Waals surface area contributed by atoms with Crippen LogP contribution in [-0.4, -0.2) is 35.2 Å². The Balaban J connectivity index is 1.69. The molecule has 1 aromatic heterocycles. The molecule has 0 bridgehead atoms. The van der Waals surface area contributed by atoms with Crippen LogP contribution in [0.3, 0.4) is 0 Å². The van der Waals surface area contributed by atoms with E-state index in [4.69, 9.17) is 5.73 Å². The van der Waals surface area contributed by atoms with Gasteiger partial charge in [-0.1, -0.05) is 17.8 Å². The van der Waals surface area contributed by atoms with Gasteiger partial charge in [-0.05, 0) is 55.1 Å². The Morgan fingerprint density at radius 1 is 1.37 bits per heavy atom. The first-order valence-corrected chi connectivity index (χ1v) is 10.9. The molecule has 4 rings (SSSR count). The van der Waals surface area contributed by atoms with Crippen LogP contribution < -0.4 is 15.5 Å². The van der Waals surface area contributed by atoms with Crippen molar-refractivity contribution in [3.05, 3.63) is 35.2 Å². The Bertz CT molecular complexity index is 864. The van der Waals surface area contributed by atoms with Crippen molar-refractivity contribution in [2.45, 2.75) is 42.8 Å². The van der Waals surface area contributed by atoms with Crippen molar-refractivity contribution < 1.29 is 4.39 Å². The monoisotopic (exact) mass is 405 g/mol. The van der Waals surface area contributed by atoms with Gasteiger partial charge in [0, 0.05) is 18.5 Å². The maximum Gasteiger partial charge on any atom is 0.160 e. The third kappa shape index (κ3) is 3.25. The number of thioether (sulfide) groups is 1. The molecule has 0 fully saturated rings. The average Bonchev–Trinajstić information content (AvgIpc) is 3.13. The van der Waals surface area contributed by atoms with Gasteiger partial charge in [-0.3, -0.25) is 0 Å². The highest BCUT2D eigenvalue weighted by Crippen LogP contribution is 2.47. The Morgan fingerprint density at radius 2 is 2.19 bits per heavy atom. The summed E-state index contributed by atoms with van der Waals surface area (Å²) in [5, 5.41) is 0. The summed E-state index contributed by atoms with van der Waals surface area (Å²) in [6.07, 6.45) is 4.18. The minimum absolute atomic E-state index is 0.0202. The largest absolute Gasteiger partial charge is 0.382 e. The number of alkyl halides is 1. The van der Waals surface area contributed by atoms with Crippen molar-refractivity contribution >= 4 is 38.3 Å². The van der Waals surface area contributed by atoms with E-state index in [1.807, 2.05) is 13.1 Å². The number of benzene rings is 1. The number of nitrogens with two attached hydrogens (primary N) is 1. The van der Waals surface area contributed by atoms with Gasteiger partial charge in [0.25, 0.3) is 0 Å². The number of hydrogen-bond acceptors (Lipinski definition) is 6. The molecule has 0 spiro atoms. The second-order valence-electron chi connectivity index (χ2n) is 7.14. The summed E-state index contributed by atoms with van der Waals surface area (Å²) < 4.78 is 14.3. The minimum Gasteiger partial charge on any atom is -0.382 e. The van der Waals surface area contributed by atoms with Crippen LogP contribution in [0.2, 0.25) is 0 Å². The molecule has 5 nitrogen and oxygen atoms in total. The standard InChI is InChI=1S/C19H25FN5PS/c1-11-8-12-4-5-14(20)13(12)9-15(11)27-19-24(2)16-17(21)22-10-23-18(16)25(19)6-3-7-26/h8-10,14,19H,3-7,26H2,1-2H3,(H2,21,22,23). The fourth-order valence-corrected chi connectivity index (χ4v) is 5.37. The first-order valence-electron chi connectivity index (χ1n) is 9.25. The highest BCUT2D eigenvalue weighted by Gasteiger charge is 2.37. The molecule has 3 unspecified atom stereocenters. The summed E-state index contributed by atoms with van der Waals surface area (Å²) in [7, 11) is 4.80. The second kappa shape index (κ2) is 7.44.